The zero-order chi connectivity index (χ0) is 27.4. The molecule has 1 amide bonds. The van der Waals surface area contributed by atoms with Crippen LogP contribution in [-0.4, -0.2) is 53.0 Å². The topological polar surface area (TPSA) is 125 Å². The molecular formula is C30H34N2O6. The number of Topliss-reactive ketones (excluding diaryl/α,β-unsaturated/α-hetero) is 1. The van der Waals surface area contributed by atoms with Crippen molar-refractivity contribution in [3.05, 3.63) is 71.0 Å². The summed E-state index contributed by atoms with van der Waals surface area (Å²) >= 11 is 0. The van der Waals surface area contributed by atoms with Crippen molar-refractivity contribution in [3.63, 3.8) is 0 Å². The predicted molar refractivity (Wildman–Crippen MR) is 145 cm³/mol. The molecule has 0 radical (unpaired) electrons. The molecule has 0 spiro atoms. The third kappa shape index (κ3) is 5.96. The number of fused-ring (bicyclic) bond motifs is 3. The number of hydrogen-bond acceptors (Lipinski definition) is 6. The smallest absolute Gasteiger partial charge is 0.407 e. The van der Waals surface area contributed by atoms with Crippen molar-refractivity contribution in [1.29, 1.82) is 0 Å². The standard InChI is InChI=1S/C30H34N2O6/c1-18(27-25(33)15-30(2,3)16-26(27)34)32-24(28(35)36)13-8-14-31-29(37)38-17-23-21-11-6-4-9-19(21)20-10-5-7-12-22(20)23/h4-7,9-12,23-24,33H,8,13-17H2,1-3H3,(H,31,37)(H,35,36). The molecule has 1 unspecified atom stereocenters. The van der Waals surface area contributed by atoms with Crippen molar-refractivity contribution in [2.24, 2.45) is 10.4 Å². The largest absolute Gasteiger partial charge is 0.511 e. The molecule has 38 heavy (non-hydrogen) atoms. The van der Waals surface area contributed by atoms with E-state index in [2.05, 4.69) is 22.4 Å². The number of benzene rings is 2. The van der Waals surface area contributed by atoms with Gasteiger partial charge in [-0.25, -0.2) is 9.59 Å². The van der Waals surface area contributed by atoms with Crippen molar-refractivity contribution >= 4 is 23.6 Å². The Morgan fingerprint density at radius 1 is 1.08 bits per heavy atom. The summed E-state index contributed by atoms with van der Waals surface area (Å²) in [5.41, 5.74) is 4.54. The summed E-state index contributed by atoms with van der Waals surface area (Å²) in [7, 11) is 0. The van der Waals surface area contributed by atoms with Gasteiger partial charge in [-0.2, -0.15) is 0 Å². The number of rotatable bonds is 9. The van der Waals surface area contributed by atoms with Gasteiger partial charge in [-0.05, 0) is 47.4 Å². The number of carbonyl (C=O) groups excluding carboxylic acids is 2. The van der Waals surface area contributed by atoms with Gasteiger partial charge in [0.1, 0.15) is 18.4 Å². The maximum atomic E-state index is 12.5. The number of aliphatic hydroxyl groups is 1. The Labute approximate surface area is 222 Å². The van der Waals surface area contributed by atoms with E-state index >= 15 is 0 Å². The Morgan fingerprint density at radius 3 is 2.26 bits per heavy atom. The normalized spacial score (nSPS) is 17.6. The molecule has 0 aromatic heterocycles. The van der Waals surface area contributed by atoms with E-state index in [9.17, 15) is 24.6 Å². The molecule has 2 aromatic carbocycles. The van der Waals surface area contributed by atoms with Crippen LogP contribution in [0, 0.1) is 5.41 Å². The number of carbonyl (C=O) groups is 3. The molecule has 8 nitrogen and oxygen atoms in total. The number of carboxylic acid groups (broad SMARTS) is 1. The number of ether oxygens (including phenoxy) is 1. The number of ketones is 1. The highest BCUT2D eigenvalue weighted by Gasteiger charge is 2.34. The molecule has 0 aliphatic heterocycles. The molecule has 2 aliphatic rings. The molecule has 4 rings (SSSR count). The maximum absolute atomic E-state index is 12.5. The quantitative estimate of drug-likeness (QED) is 0.301. The number of amides is 1. The second-order valence-corrected chi connectivity index (χ2v) is 10.7. The SMILES string of the molecule is CC(=NC(CCCNC(=O)OCC1c2ccccc2-c2ccccc21)C(=O)O)C1=C(O)CC(C)(C)CC1=O. The lowest BCUT2D eigenvalue weighted by molar-refractivity contribution is -0.138. The fraction of sp³-hybridized carbons (Fsp3) is 0.400. The minimum Gasteiger partial charge on any atom is -0.511 e. The molecule has 0 fully saturated rings. The molecule has 0 bridgehead atoms. The Balaban J connectivity index is 1.29. The van der Waals surface area contributed by atoms with Crippen LogP contribution >= 0.6 is 0 Å². The van der Waals surface area contributed by atoms with Gasteiger partial charge in [-0.3, -0.25) is 9.79 Å². The Morgan fingerprint density at radius 2 is 1.68 bits per heavy atom. The van der Waals surface area contributed by atoms with Crippen LogP contribution in [0.4, 0.5) is 4.79 Å². The van der Waals surface area contributed by atoms with Crippen LogP contribution in [-0.2, 0) is 14.3 Å². The van der Waals surface area contributed by atoms with Crippen LogP contribution in [0.15, 0.2) is 64.9 Å². The van der Waals surface area contributed by atoms with E-state index in [0.717, 1.165) is 22.3 Å². The van der Waals surface area contributed by atoms with E-state index in [4.69, 9.17) is 4.74 Å². The lowest BCUT2D eigenvalue weighted by Gasteiger charge is -2.29. The number of aliphatic hydroxyl groups excluding tert-OH is 1. The number of carboxylic acids is 1. The Kier molecular flexibility index (Phi) is 7.99. The summed E-state index contributed by atoms with van der Waals surface area (Å²) in [5, 5.41) is 22.7. The van der Waals surface area contributed by atoms with Crippen molar-refractivity contribution in [3.8, 4) is 11.1 Å². The first kappa shape index (κ1) is 27.1. The summed E-state index contributed by atoms with van der Waals surface area (Å²) in [6.45, 7) is 5.76. The van der Waals surface area contributed by atoms with E-state index in [-0.39, 0.29) is 60.2 Å². The highest BCUT2D eigenvalue weighted by Crippen LogP contribution is 2.44. The summed E-state index contributed by atoms with van der Waals surface area (Å²) < 4.78 is 5.51. The van der Waals surface area contributed by atoms with E-state index < -0.39 is 18.1 Å². The first-order valence-electron chi connectivity index (χ1n) is 12.9. The fourth-order valence-corrected chi connectivity index (χ4v) is 5.38. The van der Waals surface area contributed by atoms with Gasteiger partial charge < -0.3 is 20.3 Å². The molecule has 200 valence electrons. The molecule has 0 saturated carbocycles. The molecule has 0 saturated heterocycles. The van der Waals surface area contributed by atoms with Gasteiger partial charge in [0.2, 0.25) is 0 Å². The van der Waals surface area contributed by atoms with E-state index in [1.54, 1.807) is 6.92 Å². The maximum Gasteiger partial charge on any atom is 0.407 e. The zero-order valence-corrected chi connectivity index (χ0v) is 22.0. The highest BCUT2D eigenvalue weighted by atomic mass is 16.5. The van der Waals surface area contributed by atoms with Gasteiger partial charge >= 0.3 is 12.1 Å². The van der Waals surface area contributed by atoms with Gasteiger partial charge in [-0.1, -0.05) is 62.4 Å². The zero-order valence-electron chi connectivity index (χ0n) is 22.0. The number of allylic oxidation sites excluding steroid dienone is 2. The molecular weight excluding hydrogens is 484 g/mol. The number of aliphatic imine (C=N–C) groups is 1. The summed E-state index contributed by atoms with van der Waals surface area (Å²) in [4.78, 5) is 40.9. The average Bonchev–Trinajstić information content (AvgIpc) is 3.17. The molecule has 2 aliphatic carbocycles. The number of nitrogens with zero attached hydrogens (tertiary/aromatic N) is 1. The molecule has 8 heteroatoms. The fourth-order valence-electron chi connectivity index (χ4n) is 5.38. The van der Waals surface area contributed by atoms with Crippen LogP contribution < -0.4 is 5.32 Å². The van der Waals surface area contributed by atoms with E-state index in [0.29, 0.717) is 12.8 Å². The molecule has 2 aromatic rings. The Bertz CT molecular complexity index is 1260. The number of aliphatic carboxylic acids is 1. The Hall–Kier alpha value is -3.94. The first-order valence-corrected chi connectivity index (χ1v) is 12.9. The molecule has 1 atom stereocenters. The lowest BCUT2D eigenvalue weighted by atomic mass is 9.75. The van der Waals surface area contributed by atoms with Crippen molar-refractivity contribution in [2.45, 2.75) is 58.4 Å². The second kappa shape index (κ2) is 11.2. The third-order valence-electron chi connectivity index (χ3n) is 7.12. The van der Waals surface area contributed by atoms with Crippen LogP contribution in [0.25, 0.3) is 11.1 Å². The number of nitrogens with one attached hydrogen (secondary N) is 1. The highest BCUT2D eigenvalue weighted by molar-refractivity contribution is 6.22. The van der Waals surface area contributed by atoms with Crippen molar-refractivity contribution in [1.82, 2.24) is 5.32 Å². The van der Waals surface area contributed by atoms with Crippen LogP contribution in [0.3, 0.4) is 0 Å². The van der Waals surface area contributed by atoms with Gasteiger partial charge in [-0.15, -0.1) is 0 Å². The monoisotopic (exact) mass is 518 g/mol. The second-order valence-electron chi connectivity index (χ2n) is 10.7. The van der Waals surface area contributed by atoms with Crippen molar-refractivity contribution < 1.29 is 29.3 Å². The van der Waals surface area contributed by atoms with Crippen LogP contribution in [0.2, 0.25) is 0 Å². The lowest BCUT2D eigenvalue weighted by Crippen LogP contribution is -2.30. The van der Waals surface area contributed by atoms with E-state index in [1.807, 2.05) is 50.2 Å². The van der Waals surface area contributed by atoms with Gasteiger partial charge in [0, 0.05) is 31.0 Å². The summed E-state index contributed by atoms with van der Waals surface area (Å²) in [6, 6.07) is 15.1. The van der Waals surface area contributed by atoms with Gasteiger partial charge in [0.25, 0.3) is 0 Å². The number of alkyl carbamates (subject to hydrolysis) is 1. The summed E-state index contributed by atoms with van der Waals surface area (Å²) in [5.74, 6) is -1.45. The minimum atomic E-state index is -1.13. The van der Waals surface area contributed by atoms with Gasteiger partial charge in [0.05, 0.1) is 5.57 Å². The van der Waals surface area contributed by atoms with Crippen LogP contribution in [0.5, 0.6) is 0 Å². The molecule has 0 heterocycles. The first-order chi connectivity index (χ1) is 18.1. The minimum absolute atomic E-state index is 0.0411. The average molecular weight is 519 g/mol. The number of hydrogen-bond donors (Lipinski definition) is 3. The van der Waals surface area contributed by atoms with E-state index in [1.165, 1.54) is 0 Å². The van der Waals surface area contributed by atoms with Crippen molar-refractivity contribution in [2.75, 3.05) is 13.2 Å². The summed E-state index contributed by atoms with van der Waals surface area (Å²) in [6.07, 6.45) is 0.543. The van der Waals surface area contributed by atoms with Gasteiger partial charge in [0.15, 0.2) is 5.78 Å². The predicted octanol–water partition coefficient (Wildman–Crippen LogP) is 5.42. The third-order valence-corrected chi connectivity index (χ3v) is 7.12. The molecule has 3 N–H and O–H groups in total. The van der Waals surface area contributed by atoms with Crippen LogP contribution in [0.1, 0.15) is 63.5 Å².